The summed E-state index contributed by atoms with van der Waals surface area (Å²) in [6, 6.07) is 3.80. The molecule has 0 aliphatic carbocycles. The molecule has 0 saturated carbocycles. The van der Waals surface area contributed by atoms with Gasteiger partial charge in [-0.1, -0.05) is 11.2 Å². The van der Waals surface area contributed by atoms with Gasteiger partial charge < -0.3 is 9.42 Å². The summed E-state index contributed by atoms with van der Waals surface area (Å²) in [5.41, 5.74) is 2.73. The minimum absolute atomic E-state index is 0.0539. The summed E-state index contributed by atoms with van der Waals surface area (Å²) in [4.78, 5) is 22.0. The fourth-order valence-electron chi connectivity index (χ4n) is 2.68. The number of aromatic nitrogens is 4. The molecule has 3 aromatic heterocycles. The van der Waals surface area contributed by atoms with Crippen LogP contribution in [0.25, 0.3) is 17.2 Å². The number of piperazine rings is 1. The molecule has 8 heteroatoms. The first-order valence-electron chi connectivity index (χ1n) is 7.37. The molecule has 118 valence electrons. The first kappa shape index (κ1) is 13.9. The van der Waals surface area contributed by atoms with Crippen LogP contribution in [0.15, 0.2) is 29.0 Å². The summed E-state index contributed by atoms with van der Waals surface area (Å²) in [7, 11) is 1.76. The van der Waals surface area contributed by atoms with E-state index in [1.54, 1.807) is 18.1 Å². The third kappa shape index (κ3) is 2.36. The van der Waals surface area contributed by atoms with Crippen LogP contribution in [-0.2, 0) is 4.79 Å². The highest BCUT2D eigenvalue weighted by atomic mass is 16.5. The number of fused-ring (bicyclic) bond motifs is 1. The average Bonchev–Trinajstić information content (AvgIpc) is 3.16. The van der Waals surface area contributed by atoms with Crippen LogP contribution in [0.1, 0.15) is 17.5 Å². The first-order valence-corrected chi connectivity index (χ1v) is 7.37. The van der Waals surface area contributed by atoms with Gasteiger partial charge >= 0.3 is 0 Å². The van der Waals surface area contributed by atoms with Crippen molar-refractivity contribution in [3.63, 3.8) is 0 Å². The number of imidazole rings is 1. The molecule has 1 amide bonds. The van der Waals surface area contributed by atoms with Crippen molar-refractivity contribution in [2.75, 3.05) is 20.1 Å². The topological polar surface area (TPSA) is 88.6 Å². The van der Waals surface area contributed by atoms with Gasteiger partial charge in [0.25, 0.3) is 0 Å². The van der Waals surface area contributed by atoms with Crippen LogP contribution in [0.5, 0.6) is 0 Å². The lowest BCUT2D eigenvalue weighted by molar-refractivity contribution is -0.131. The van der Waals surface area contributed by atoms with Gasteiger partial charge in [0.15, 0.2) is 0 Å². The van der Waals surface area contributed by atoms with E-state index in [0.717, 1.165) is 16.9 Å². The molecule has 8 nitrogen and oxygen atoms in total. The molecule has 1 fully saturated rings. The van der Waals surface area contributed by atoms with Crippen molar-refractivity contribution in [1.82, 2.24) is 29.7 Å². The van der Waals surface area contributed by atoms with Crippen molar-refractivity contribution >= 4 is 11.6 Å². The van der Waals surface area contributed by atoms with E-state index in [0.29, 0.717) is 18.3 Å². The van der Waals surface area contributed by atoms with E-state index in [1.165, 1.54) is 0 Å². The number of amides is 1. The predicted octanol–water partition coefficient (Wildman–Crippen LogP) is 0.795. The van der Waals surface area contributed by atoms with Crippen LogP contribution in [0, 0.1) is 6.92 Å². The number of likely N-dealkylation sites (N-methyl/N-ethyl adjacent to an activating group) is 1. The summed E-state index contributed by atoms with van der Waals surface area (Å²) < 4.78 is 7.33. The Labute approximate surface area is 132 Å². The Kier molecular flexibility index (Phi) is 3.12. The molecule has 1 saturated heterocycles. The van der Waals surface area contributed by atoms with Crippen molar-refractivity contribution in [3.05, 3.63) is 36.0 Å². The van der Waals surface area contributed by atoms with E-state index in [4.69, 9.17) is 4.52 Å². The second kappa shape index (κ2) is 5.17. The van der Waals surface area contributed by atoms with E-state index in [2.05, 4.69) is 20.4 Å². The van der Waals surface area contributed by atoms with Gasteiger partial charge in [-0.25, -0.2) is 4.98 Å². The maximum atomic E-state index is 11.5. The Morgan fingerprint density at radius 1 is 1.39 bits per heavy atom. The predicted molar refractivity (Wildman–Crippen MR) is 81.6 cm³/mol. The van der Waals surface area contributed by atoms with Gasteiger partial charge in [-0.15, -0.1) is 0 Å². The fourth-order valence-corrected chi connectivity index (χ4v) is 2.68. The third-order valence-corrected chi connectivity index (χ3v) is 4.00. The number of hydrogen-bond donors (Lipinski definition) is 1. The number of rotatable bonds is 2. The van der Waals surface area contributed by atoms with Crippen LogP contribution in [-0.4, -0.2) is 50.5 Å². The Morgan fingerprint density at radius 3 is 3.09 bits per heavy atom. The second-order valence-corrected chi connectivity index (χ2v) is 5.74. The third-order valence-electron chi connectivity index (χ3n) is 4.00. The summed E-state index contributed by atoms with van der Waals surface area (Å²) in [5.74, 6) is 1.01. The fraction of sp³-hybridized carbons (Fsp3) is 0.333. The first-order chi connectivity index (χ1) is 11.1. The van der Waals surface area contributed by atoms with Crippen LogP contribution in [0.2, 0.25) is 0 Å². The second-order valence-electron chi connectivity index (χ2n) is 5.74. The van der Waals surface area contributed by atoms with Gasteiger partial charge in [0.05, 0.1) is 12.7 Å². The molecule has 1 aliphatic heterocycles. The number of nitrogens with zero attached hydrogens (tertiary/aromatic N) is 5. The molecule has 4 rings (SSSR count). The Bertz CT molecular complexity index is 883. The quantitative estimate of drug-likeness (QED) is 0.753. The molecule has 0 spiro atoms. The molecular weight excluding hydrogens is 296 g/mol. The van der Waals surface area contributed by atoms with Gasteiger partial charge in [0, 0.05) is 19.8 Å². The molecule has 23 heavy (non-hydrogen) atoms. The number of hydrogen-bond acceptors (Lipinski definition) is 6. The number of pyridine rings is 1. The highest BCUT2D eigenvalue weighted by Crippen LogP contribution is 2.22. The van der Waals surface area contributed by atoms with Gasteiger partial charge in [-0.2, -0.15) is 4.98 Å². The standard InChI is InChI=1S/C15H16N6O2/c1-9-3-4-12-17-5-11(21(12)7-9)14-18-15(23-19-14)10-8-20(2)13(22)6-16-10/h3-5,7,10,16H,6,8H2,1-2H3. The summed E-state index contributed by atoms with van der Waals surface area (Å²) in [5, 5.41) is 7.18. The highest BCUT2D eigenvalue weighted by molar-refractivity contribution is 5.78. The van der Waals surface area contributed by atoms with Gasteiger partial charge in [0.2, 0.25) is 17.6 Å². The molecule has 0 radical (unpaired) electrons. The molecule has 4 heterocycles. The largest absolute Gasteiger partial charge is 0.343 e. The minimum Gasteiger partial charge on any atom is -0.343 e. The van der Waals surface area contributed by atoms with E-state index < -0.39 is 0 Å². The van der Waals surface area contributed by atoms with E-state index in [1.807, 2.05) is 29.7 Å². The van der Waals surface area contributed by atoms with E-state index >= 15 is 0 Å². The lowest BCUT2D eigenvalue weighted by Crippen LogP contribution is -2.47. The number of carbonyl (C=O) groups is 1. The van der Waals surface area contributed by atoms with Crippen molar-refractivity contribution in [2.45, 2.75) is 13.0 Å². The molecule has 3 aromatic rings. The molecule has 1 unspecified atom stereocenters. The van der Waals surface area contributed by atoms with E-state index in [-0.39, 0.29) is 18.5 Å². The molecule has 0 aromatic carbocycles. The molecule has 1 N–H and O–H groups in total. The average molecular weight is 312 g/mol. The lowest BCUT2D eigenvalue weighted by Gasteiger charge is -2.28. The maximum Gasteiger partial charge on any atom is 0.245 e. The Hall–Kier alpha value is -2.74. The minimum atomic E-state index is -0.153. The van der Waals surface area contributed by atoms with E-state index in [9.17, 15) is 4.79 Å². The summed E-state index contributed by atoms with van der Waals surface area (Å²) in [6.45, 7) is 2.80. The molecule has 1 atom stereocenters. The summed E-state index contributed by atoms with van der Waals surface area (Å²) >= 11 is 0. The number of carbonyl (C=O) groups excluding carboxylic acids is 1. The maximum absolute atomic E-state index is 11.5. The monoisotopic (exact) mass is 312 g/mol. The smallest absolute Gasteiger partial charge is 0.245 e. The molecule has 1 aliphatic rings. The van der Waals surface area contributed by atoms with Crippen LogP contribution >= 0.6 is 0 Å². The lowest BCUT2D eigenvalue weighted by atomic mass is 10.2. The van der Waals surface area contributed by atoms with Crippen molar-refractivity contribution in [3.8, 4) is 11.5 Å². The number of aryl methyl sites for hydroxylation is 1. The Balaban J connectivity index is 1.67. The van der Waals surface area contributed by atoms with Crippen molar-refractivity contribution < 1.29 is 9.32 Å². The van der Waals surface area contributed by atoms with Gasteiger partial charge in [-0.3, -0.25) is 14.5 Å². The SMILES string of the molecule is Cc1ccc2ncc(-c3noc(C4CN(C)C(=O)CN4)n3)n2c1. The molecule has 0 bridgehead atoms. The van der Waals surface area contributed by atoms with Crippen LogP contribution < -0.4 is 5.32 Å². The summed E-state index contributed by atoms with van der Waals surface area (Å²) in [6.07, 6.45) is 3.71. The number of nitrogens with one attached hydrogen (secondary N) is 1. The van der Waals surface area contributed by atoms with Crippen molar-refractivity contribution in [2.24, 2.45) is 0 Å². The van der Waals surface area contributed by atoms with Crippen LogP contribution in [0.3, 0.4) is 0 Å². The normalized spacial score (nSPS) is 18.8. The highest BCUT2D eigenvalue weighted by Gasteiger charge is 2.28. The van der Waals surface area contributed by atoms with Gasteiger partial charge in [-0.05, 0) is 18.6 Å². The van der Waals surface area contributed by atoms with Crippen LogP contribution in [0.4, 0.5) is 0 Å². The zero-order chi connectivity index (χ0) is 16.0. The Morgan fingerprint density at radius 2 is 2.26 bits per heavy atom. The zero-order valence-corrected chi connectivity index (χ0v) is 12.9. The van der Waals surface area contributed by atoms with Crippen molar-refractivity contribution in [1.29, 1.82) is 0 Å². The zero-order valence-electron chi connectivity index (χ0n) is 12.9. The van der Waals surface area contributed by atoms with Gasteiger partial charge in [0.1, 0.15) is 17.4 Å². The molecular formula is C15H16N6O2.